The topological polar surface area (TPSA) is 68.0 Å². The van der Waals surface area contributed by atoms with E-state index in [1.54, 1.807) is 0 Å². The standard InChI is InChI=1S/C11H19N3O2S/c1-5-14-10(8(4)7(2)3)12-13-11(14)17-6-9(15)16/h7-8H,5-6H2,1-4H3,(H,15,16). The summed E-state index contributed by atoms with van der Waals surface area (Å²) in [5.41, 5.74) is 0. The molecule has 0 fully saturated rings. The summed E-state index contributed by atoms with van der Waals surface area (Å²) in [4.78, 5) is 10.5. The van der Waals surface area contributed by atoms with Crippen LogP contribution in [0, 0.1) is 5.92 Å². The lowest BCUT2D eigenvalue weighted by Gasteiger charge is -2.16. The normalized spacial score (nSPS) is 13.0. The minimum Gasteiger partial charge on any atom is -0.481 e. The number of nitrogens with zero attached hydrogens (tertiary/aromatic N) is 3. The molecule has 1 N–H and O–H groups in total. The van der Waals surface area contributed by atoms with Crippen molar-refractivity contribution in [1.29, 1.82) is 0 Å². The van der Waals surface area contributed by atoms with Crippen molar-refractivity contribution < 1.29 is 9.90 Å². The molecule has 0 aliphatic carbocycles. The second kappa shape index (κ2) is 6.05. The first-order valence-corrected chi connectivity index (χ1v) is 6.73. The lowest BCUT2D eigenvalue weighted by atomic mass is 9.97. The molecule has 1 heterocycles. The van der Waals surface area contributed by atoms with Gasteiger partial charge >= 0.3 is 5.97 Å². The van der Waals surface area contributed by atoms with E-state index in [0.717, 1.165) is 12.4 Å². The first-order valence-electron chi connectivity index (χ1n) is 5.75. The summed E-state index contributed by atoms with van der Waals surface area (Å²) < 4.78 is 2.00. The summed E-state index contributed by atoms with van der Waals surface area (Å²) in [7, 11) is 0. The largest absolute Gasteiger partial charge is 0.481 e. The number of hydrogen-bond acceptors (Lipinski definition) is 4. The Morgan fingerprint density at radius 2 is 2.06 bits per heavy atom. The van der Waals surface area contributed by atoms with Crippen LogP contribution in [-0.2, 0) is 11.3 Å². The Morgan fingerprint density at radius 1 is 1.41 bits per heavy atom. The van der Waals surface area contributed by atoms with Crippen molar-refractivity contribution in [3.05, 3.63) is 5.82 Å². The second-order valence-electron chi connectivity index (χ2n) is 4.30. The molecule has 1 unspecified atom stereocenters. The number of carbonyl (C=O) groups is 1. The molecule has 0 aliphatic heterocycles. The molecule has 0 aromatic carbocycles. The highest BCUT2D eigenvalue weighted by Gasteiger charge is 2.19. The van der Waals surface area contributed by atoms with Crippen LogP contribution in [0.1, 0.15) is 39.4 Å². The molecule has 5 nitrogen and oxygen atoms in total. The Kier molecular flexibility index (Phi) is 4.99. The third kappa shape index (κ3) is 3.46. The zero-order valence-electron chi connectivity index (χ0n) is 10.7. The molecule has 96 valence electrons. The average molecular weight is 257 g/mol. The van der Waals surface area contributed by atoms with Gasteiger partial charge in [-0.1, -0.05) is 32.5 Å². The lowest BCUT2D eigenvalue weighted by Crippen LogP contribution is -2.11. The molecule has 0 radical (unpaired) electrons. The molecule has 17 heavy (non-hydrogen) atoms. The number of aromatic nitrogens is 3. The van der Waals surface area contributed by atoms with Crippen LogP contribution < -0.4 is 0 Å². The summed E-state index contributed by atoms with van der Waals surface area (Å²) in [6, 6.07) is 0. The van der Waals surface area contributed by atoms with Gasteiger partial charge in [-0.15, -0.1) is 10.2 Å². The molecular formula is C11H19N3O2S. The third-order valence-corrected chi connectivity index (χ3v) is 3.75. The monoisotopic (exact) mass is 257 g/mol. The zero-order chi connectivity index (χ0) is 13.0. The SMILES string of the molecule is CCn1c(SCC(=O)O)nnc1C(C)C(C)C. The summed E-state index contributed by atoms with van der Waals surface area (Å²) in [6.45, 7) is 9.19. The maximum Gasteiger partial charge on any atom is 0.313 e. The van der Waals surface area contributed by atoms with Gasteiger partial charge in [-0.3, -0.25) is 4.79 Å². The van der Waals surface area contributed by atoms with Crippen LogP contribution in [0.5, 0.6) is 0 Å². The van der Waals surface area contributed by atoms with Crippen molar-refractivity contribution in [3.63, 3.8) is 0 Å². The number of rotatable bonds is 6. The molecule has 0 saturated heterocycles. The predicted octanol–water partition coefficient (Wildman–Crippen LogP) is 2.23. The second-order valence-corrected chi connectivity index (χ2v) is 5.24. The van der Waals surface area contributed by atoms with E-state index in [1.165, 1.54) is 11.8 Å². The van der Waals surface area contributed by atoms with E-state index in [0.29, 0.717) is 17.0 Å². The molecule has 6 heteroatoms. The van der Waals surface area contributed by atoms with Crippen LogP contribution in [0.2, 0.25) is 0 Å². The molecule has 0 amide bonds. The van der Waals surface area contributed by atoms with E-state index < -0.39 is 5.97 Å². The molecule has 1 aromatic rings. The van der Waals surface area contributed by atoms with E-state index in [-0.39, 0.29) is 5.75 Å². The third-order valence-electron chi connectivity index (χ3n) is 2.79. The summed E-state index contributed by atoms with van der Waals surface area (Å²) in [5.74, 6) is 0.937. The van der Waals surface area contributed by atoms with Crippen molar-refractivity contribution in [2.24, 2.45) is 5.92 Å². The summed E-state index contributed by atoms with van der Waals surface area (Å²) in [6.07, 6.45) is 0. The van der Waals surface area contributed by atoms with E-state index in [4.69, 9.17) is 5.11 Å². The van der Waals surface area contributed by atoms with Gasteiger partial charge in [0.15, 0.2) is 5.16 Å². The van der Waals surface area contributed by atoms with Gasteiger partial charge in [0.25, 0.3) is 0 Å². The zero-order valence-corrected chi connectivity index (χ0v) is 11.5. The minimum absolute atomic E-state index is 0.0220. The Labute approximate surface area is 106 Å². The van der Waals surface area contributed by atoms with Gasteiger partial charge in [-0.25, -0.2) is 0 Å². The van der Waals surface area contributed by atoms with Crippen molar-refractivity contribution in [3.8, 4) is 0 Å². The van der Waals surface area contributed by atoms with Crippen LogP contribution in [0.25, 0.3) is 0 Å². The molecular weight excluding hydrogens is 238 g/mol. The maximum atomic E-state index is 10.5. The van der Waals surface area contributed by atoms with Gasteiger partial charge in [0, 0.05) is 12.5 Å². The Balaban J connectivity index is 2.90. The van der Waals surface area contributed by atoms with Gasteiger partial charge in [0.05, 0.1) is 5.75 Å². The van der Waals surface area contributed by atoms with Crippen molar-refractivity contribution >= 4 is 17.7 Å². The van der Waals surface area contributed by atoms with E-state index in [2.05, 4.69) is 31.0 Å². The van der Waals surface area contributed by atoms with Crippen LogP contribution in [0.15, 0.2) is 5.16 Å². The van der Waals surface area contributed by atoms with E-state index in [9.17, 15) is 4.79 Å². The first kappa shape index (κ1) is 14.0. The van der Waals surface area contributed by atoms with E-state index in [1.807, 2.05) is 11.5 Å². The van der Waals surface area contributed by atoms with Gasteiger partial charge in [-0.2, -0.15) is 0 Å². The van der Waals surface area contributed by atoms with Crippen LogP contribution in [0.3, 0.4) is 0 Å². The number of thioether (sulfide) groups is 1. The fraction of sp³-hybridized carbons (Fsp3) is 0.727. The Morgan fingerprint density at radius 3 is 2.53 bits per heavy atom. The van der Waals surface area contributed by atoms with Gasteiger partial charge in [0.2, 0.25) is 0 Å². The fourth-order valence-electron chi connectivity index (χ4n) is 1.47. The number of carboxylic acid groups (broad SMARTS) is 1. The maximum absolute atomic E-state index is 10.5. The van der Waals surface area contributed by atoms with Crippen molar-refractivity contribution in [1.82, 2.24) is 14.8 Å². The molecule has 0 bridgehead atoms. The highest BCUT2D eigenvalue weighted by Crippen LogP contribution is 2.25. The van der Waals surface area contributed by atoms with Crippen LogP contribution in [-0.4, -0.2) is 31.6 Å². The fourth-order valence-corrected chi connectivity index (χ4v) is 2.19. The highest BCUT2D eigenvalue weighted by molar-refractivity contribution is 7.99. The van der Waals surface area contributed by atoms with Crippen molar-refractivity contribution in [2.45, 2.75) is 45.3 Å². The Bertz CT molecular complexity index is 390. The minimum atomic E-state index is -0.834. The smallest absolute Gasteiger partial charge is 0.313 e. The quantitative estimate of drug-likeness (QED) is 0.791. The van der Waals surface area contributed by atoms with Gasteiger partial charge < -0.3 is 9.67 Å². The highest BCUT2D eigenvalue weighted by atomic mass is 32.2. The van der Waals surface area contributed by atoms with Gasteiger partial charge in [-0.05, 0) is 12.8 Å². The molecule has 0 aliphatic rings. The first-order chi connectivity index (χ1) is 7.97. The Hall–Kier alpha value is -1.04. The average Bonchev–Trinajstić information content (AvgIpc) is 2.67. The molecule has 1 atom stereocenters. The number of aliphatic carboxylic acids is 1. The summed E-state index contributed by atoms with van der Waals surface area (Å²) >= 11 is 1.22. The number of carboxylic acids is 1. The number of hydrogen-bond donors (Lipinski definition) is 1. The van der Waals surface area contributed by atoms with E-state index >= 15 is 0 Å². The molecule has 1 rings (SSSR count). The molecule has 1 aromatic heterocycles. The summed E-state index contributed by atoms with van der Waals surface area (Å²) in [5, 5.41) is 17.6. The molecule has 0 saturated carbocycles. The van der Waals surface area contributed by atoms with Crippen LogP contribution >= 0.6 is 11.8 Å². The molecule has 0 spiro atoms. The van der Waals surface area contributed by atoms with Crippen molar-refractivity contribution in [2.75, 3.05) is 5.75 Å². The van der Waals surface area contributed by atoms with Gasteiger partial charge in [0.1, 0.15) is 5.82 Å². The predicted molar refractivity (Wildman–Crippen MR) is 67.3 cm³/mol. The van der Waals surface area contributed by atoms with Crippen LogP contribution in [0.4, 0.5) is 0 Å². The lowest BCUT2D eigenvalue weighted by molar-refractivity contribution is -0.133.